The minimum atomic E-state index is -3.83. The van der Waals surface area contributed by atoms with Crippen LogP contribution in [-0.4, -0.2) is 47.5 Å². The SMILES string of the molecule is O=C(NCCn1cccn1)[C@H]1CCCN1S(=O)(=O)c1ccc(F)cc1. The van der Waals surface area contributed by atoms with Crippen LogP contribution in [0.2, 0.25) is 0 Å². The first-order valence-corrected chi connectivity index (χ1v) is 9.45. The second-order valence-electron chi connectivity index (χ2n) is 5.79. The van der Waals surface area contributed by atoms with Crippen molar-refractivity contribution in [3.05, 3.63) is 48.5 Å². The number of nitrogens with one attached hydrogen (secondary N) is 1. The fraction of sp³-hybridized carbons (Fsp3) is 0.375. The van der Waals surface area contributed by atoms with Crippen LogP contribution in [0.5, 0.6) is 0 Å². The van der Waals surface area contributed by atoms with Crippen molar-refractivity contribution in [2.24, 2.45) is 0 Å². The first-order valence-electron chi connectivity index (χ1n) is 8.01. The molecule has 1 aromatic carbocycles. The van der Waals surface area contributed by atoms with E-state index in [1.165, 1.54) is 16.4 Å². The second kappa shape index (κ2) is 7.32. The van der Waals surface area contributed by atoms with Gasteiger partial charge < -0.3 is 5.32 Å². The van der Waals surface area contributed by atoms with Crippen LogP contribution in [0.25, 0.3) is 0 Å². The number of hydrogen-bond donors (Lipinski definition) is 1. The third-order valence-electron chi connectivity index (χ3n) is 4.13. The zero-order valence-corrected chi connectivity index (χ0v) is 14.3. The first-order chi connectivity index (χ1) is 12.0. The maximum Gasteiger partial charge on any atom is 0.243 e. The van der Waals surface area contributed by atoms with E-state index < -0.39 is 21.9 Å². The van der Waals surface area contributed by atoms with E-state index in [-0.39, 0.29) is 17.3 Å². The molecule has 1 aromatic heterocycles. The lowest BCUT2D eigenvalue weighted by atomic mass is 10.2. The third-order valence-corrected chi connectivity index (χ3v) is 6.05. The largest absolute Gasteiger partial charge is 0.353 e. The summed E-state index contributed by atoms with van der Waals surface area (Å²) in [7, 11) is -3.83. The Morgan fingerprint density at radius 1 is 1.32 bits per heavy atom. The molecular weight excluding hydrogens is 347 g/mol. The van der Waals surface area contributed by atoms with Crippen LogP contribution >= 0.6 is 0 Å². The Labute approximate surface area is 145 Å². The van der Waals surface area contributed by atoms with Crippen molar-refractivity contribution in [2.45, 2.75) is 30.3 Å². The molecule has 0 aliphatic carbocycles. The third kappa shape index (κ3) is 3.88. The Hall–Kier alpha value is -2.26. The van der Waals surface area contributed by atoms with Crippen LogP contribution in [0.1, 0.15) is 12.8 Å². The van der Waals surface area contributed by atoms with Gasteiger partial charge in [-0.2, -0.15) is 9.40 Å². The molecule has 1 aliphatic heterocycles. The summed E-state index contributed by atoms with van der Waals surface area (Å²) in [6.07, 6.45) is 4.51. The van der Waals surface area contributed by atoms with Crippen LogP contribution in [-0.2, 0) is 21.4 Å². The molecule has 1 atom stereocenters. The highest BCUT2D eigenvalue weighted by molar-refractivity contribution is 7.89. The van der Waals surface area contributed by atoms with Gasteiger partial charge in [0.15, 0.2) is 0 Å². The summed E-state index contributed by atoms with van der Waals surface area (Å²) in [5, 5.41) is 6.80. The van der Waals surface area contributed by atoms with Gasteiger partial charge in [-0.3, -0.25) is 9.48 Å². The van der Waals surface area contributed by atoms with Crippen LogP contribution in [0.15, 0.2) is 47.6 Å². The van der Waals surface area contributed by atoms with E-state index in [1.54, 1.807) is 23.1 Å². The highest BCUT2D eigenvalue weighted by atomic mass is 32.2. The van der Waals surface area contributed by atoms with Crippen LogP contribution in [0.4, 0.5) is 4.39 Å². The fourth-order valence-corrected chi connectivity index (χ4v) is 4.53. The summed E-state index contributed by atoms with van der Waals surface area (Å²) in [5.74, 6) is -0.830. The molecule has 0 unspecified atom stereocenters. The number of aromatic nitrogens is 2. The average molecular weight is 366 g/mol. The van der Waals surface area contributed by atoms with Gasteiger partial charge in [0.2, 0.25) is 15.9 Å². The molecule has 134 valence electrons. The predicted molar refractivity (Wildman–Crippen MR) is 88.6 cm³/mol. The normalized spacial score (nSPS) is 18.4. The lowest BCUT2D eigenvalue weighted by molar-refractivity contribution is -0.124. The zero-order chi connectivity index (χ0) is 17.9. The number of halogens is 1. The van der Waals surface area contributed by atoms with Gasteiger partial charge in [0.25, 0.3) is 0 Å². The highest BCUT2D eigenvalue weighted by Gasteiger charge is 2.39. The monoisotopic (exact) mass is 366 g/mol. The maximum absolute atomic E-state index is 13.0. The van der Waals surface area contributed by atoms with Crippen molar-refractivity contribution < 1.29 is 17.6 Å². The number of benzene rings is 1. The van der Waals surface area contributed by atoms with E-state index >= 15 is 0 Å². The fourth-order valence-electron chi connectivity index (χ4n) is 2.88. The standard InChI is InChI=1S/C16H19FN4O3S/c17-13-4-6-14(7-5-13)25(23,24)21-11-1-3-15(21)16(22)18-9-12-20-10-2-8-19-20/h2,4-8,10,15H,1,3,9,11-12H2,(H,18,22)/t15-/m1/s1. The van der Waals surface area contributed by atoms with E-state index in [0.717, 1.165) is 12.1 Å². The van der Waals surface area contributed by atoms with Crippen molar-refractivity contribution in [3.8, 4) is 0 Å². The number of sulfonamides is 1. The molecule has 7 nitrogen and oxygen atoms in total. The van der Waals surface area contributed by atoms with Crippen molar-refractivity contribution in [1.29, 1.82) is 0 Å². The summed E-state index contributed by atoms with van der Waals surface area (Å²) < 4.78 is 41.4. The number of rotatable bonds is 6. The molecule has 2 aromatic rings. The Bertz CT molecular complexity index is 822. The lowest BCUT2D eigenvalue weighted by Crippen LogP contribution is -2.46. The second-order valence-corrected chi connectivity index (χ2v) is 7.68. The number of hydrogen-bond acceptors (Lipinski definition) is 4. The molecule has 1 fully saturated rings. The van der Waals surface area contributed by atoms with Crippen molar-refractivity contribution in [3.63, 3.8) is 0 Å². The van der Waals surface area contributed by atoms with Crippen LogP contribution in [0.3, 0.4) is 0 Å². The van der Waals surface area contributed by atoms with Gasteiger partial charge in [0.05, 0.1) is 11.4 Å². The minimum absolute atomic E-state index is 0.00913. The molecular formula is C16H19FN4O3S. The molecule has 9 heteroatoms. The molecule has 1 saturated heterocycles. The van der Waals surface area contributed by atoms with E-state index in [1.807, 2.05) is 0 Å². The van der Waals surface area contributed by atoms with E-state index in [2.05, 4.69) is 10.4 Å². The van der Waals surface area contributed by atoms with Crippen molar-refractivity contribution >= 4 is 15.9 Å². The quantitative estimate of drug-likeness (QED) is 0.826. The topological polar surface area (TPSA) is 84.3 Å². The van der Waals surface area contributed by atoms with E-state index in [4.69, 9.17) is 0 Å². The summed E-state index contributed by atoms with van der Waals surface area (Å²) in [6, 6.07) is 5.68. The Morgan fingerprint density at radius 2 is 2.08 bits per heavy atom. The molecule has 0 bridgehead atoms. The highest BCUT2D eigenvalue weighted by Crippen LogP contribution is 2.26. The summed E-state index contributed by atoms with van der Waals surface area (Å²) in [5.41, 5.74) is 0. The smallest absolute Gasteiger partial charge is 0.243 e. The minimum Gasteiger partial charge on any atom is -0.353 e. The molecule has 1 aliphatic rings. The molecule has 25 heavy (non-hydrogen) atoms. The van der Waals surface area contributed by atoms with Gasteiger partial charge in [0.1, 0.15) is 11.9 Å². The Morgan fingerprint density at radius 3 is 2.76 bits per heavy atom. The average Bonchev–Trinajstić information content (AvgIpc) is 3.27. The van der Waals surface area contributed by atoms with Gasteiger partial charge in [-0.1, -0.05) is 0 Å². The van der Waals surface area contributed by atoms with Gasteiger partial charge in [-0.25, -0.2) is 12.8 Å². The lowest BCUT2D eigenvalue weighted by Gasteiger charge is -2.23. The van der Waals surface area contributed by atoms with Crippen LogP contribution in [0, 0.1) is 5.82 Å². The summed E-state index contributed by atoms with van der Waals surface area (Å²) in [6.45, 7) is 1.15. The van der Waals surface area contributed by atoms with E-state index in [9.17, 15) is 17.6 Å². The number of amides is 1. The number of nitrogens with zero attached hydrogens (tertiary/aromatic N) is 3. The number of carbonyl (C=O) groups excluding carboxylic acids is 1. The van der Waals surface area contributed by atoms with E-state index in [0.29, 0.717) is 25.9 Å². The van der Waals surface area contributed by atoms with Crippen LogP contribution < -0.4 is 5.32 Å². The molecule has 1 amide bonds. The summed E-state index contributed by atoms with van der Waals surface area (Å²) in [4.78, 5) is 12.4. The van der Waals surface area contributed by atoms with Gasteiger partial charge in [-0.15, -0.1) is 0 Å². The first kappa shape index (κ1) is 17.6. The molecule has 0 saturated carbocycles. The molecule has 1 N–H and O–H groups in total. The molecule has 3 rings (SSSR count). The molecule has 0 spiro atoms. The summed E-state index contributed by atoms with van der Waals surface area (Å²) >= 11 is 0. The maximum atomic E-state index is 13.0. The van der Waals surface area contributed by atoms with Gasteiger partial charge in [0, 0.05) is 25.5 Å². The predicted octanol–water partition coefficient (Wildman–Crippen LogP) is 0.992. The Kier molecular flexibility index (Phi) is 5.14. The van der Waals surface area contributed by atoms with Gasteiger partial charge >= 0.3 is 0 Å². The zero-order valence-electron chi connectivity index (χ0n) is 13.5. The number of carbonyl (C=O) groups is 1. The molecule has 0 radical (unpaired) electrons. The van der Waals surface area contributed by atoms with Crippen molar-refractivity contribution in [2.75, 3.05) is 13.1 Å². The molecule has 2 heterocycles. The van der Waals surface area contributed by atoms with Gasteiger partial charge in [-0.05, 0) is 43.2 Å². The Balaban J connectivity index is 1.66. The van der Waals surface area contributed by atoms with Crippen molar-refractivity contribution in [1.82, 2.24) is 19.4 Å².